The molecule has 84 valence electrons. The molecule has 2 N–H and O–H groups in total. The number of nitrogen functional groups attached to an aromatic ring is 1. The lowest BCUT2D eigenvalue weighted by Gasteiger charge is -2.07. The van der Waals surface area contributed by atoms with Crippen molar-refractivity contribution >= 4 is 17.6 Å². The van der Waals surface area contributed by atoms with Crippen molar-refractivity contribution in [2.24, 2.45) is 0 Å². The van der Waals surface area contributed by atoms with Gasteiger partial charge in [-0.15, -0.1) is 11.8 Å². The van der Waals surface area contributed by atoms with Gasteiger partial charge in [-0.05, 0) is 24.3 Å². The summed E-state index contributed by atoms with van der Waals surface area (Å²) in [5.74, 6) is 1.73. The summed E-state index contributed by atoms with van der Waals surface area (Å²) < 4.78 is 1.80. The van der Waals surface area contributed by atoms with E-state index in [1.165, 1.54) is 5.56 Å². The van der Waals surface area contributed by atoms with Crippen LogP contribution in [0.2, 0.25) is 0 Å². The van der Waals surface area contributed by atoms with Crippen LogP contribution in [0.4, 0.5) is 5.82 Å². The van der Waals surface area contributed by atoms with Gasteiger partial charge in [0.05, 0.1) is 16.8 Å². The number of rotatable bonds is 3. The summed E-state index contributed by atoms with van der Waals surface area (Å²) in [6.07, 6.45) is 1.83. The summed E-state index contributed by atoms with van der Waals surface area (Å²) in [5, 5.41) is 4.34. The zero-order chi connectivity index (χ0) is 11.5. The van der Waals surface area contributed by atoms with E-state index in [9.17, 15) is 0 Å². The minimum Gasteiger partial charge on any atom is -0.383 e. The lowest BCUT2D eigenvalue weighted by atomic mass is 10.2. The van der Waals surface area contributed by atoms with Gasteiger partial charge in [-0.2, -0.15) is 5.10 Å². The largest absolute Gasteiger partial charge is 0.383 e. The van der Waals surface area contributed by atoms with Crippen LogP contribution in [0.25, 0.3) is 5.69 Å². The Balaban J connectivity index is 2.45. The Labute approximate surface area is 99.7 Å². The van der Waals surface area contributed by atoms with Gasteiger partial charge in [0.15, 0.2) is 0 Å². The van der Waals surface area contributed by atoms with Crippen molar-refractivity contribution in [3.05, 3.63) is 36.0 Å². The molecule has 0 radical (unpaired) electrons. The Morgan fingerprint density at radius 1 is 1.38 bits per heavy atom. The molecule has 0 aliphatic heterocycles. The van der Waals surface area contributed by atoms with Crippen molar-refractivity contribution in [1.29, 1.82) is 0 Å². The lowest BCUT2D eigenvalue weighted by Crippen LogP contribution is -2.03. The third-order valence-electron chi connectivity index (χ3n) is 2.41. The third-order valence-corrected chi connectivity index (χ3v) is 3.33. The molecule has 0 saturated heterocycles. The zero-order valence-corrected chi connectivity index (χ0v) is 10.3. The molecule has 16 heavy (non-hydrogen) atoms. The second-order valence-corrected chi connectivity index (χ2v) is 4.83. The van der Waals surface area contributed by atoms with Crippen LogP contribution in [0.5, 0.6) is 0 Å². The molecule has 0 bridgehead atoms. The van der Waals surface area contributed by atoms with E-state index >= 15 is 0 Å². The predicted molar refractivity (Wildman–Crippen MR) is 69.1 cm³/mol. The van der Waals surface area contributed by atoms with Gasteiger partial charge < -0.3 is 5.73 Å². The van der Waals surface area contributed by atoms with E-state index in [1.807, 2.05) is 24.4 Å². The molecule has 0 amide bonds. The maximum Gasteiger partial charge on any atom is 0.140 e. The SMILES string of the molecule is CCSc1cnn(-c2ccccc2C)c1N. The minimum absolute atomic E-state index is 0.723. The highest BCUT2D eigenvalue weighted by molar-refractivity contribution is 7.99. The Hall–Kier alpha value is -1.42. The van der Waals surface area contributed by atoms with Crippen molar-refractivity contribution in [2.45, 2.75) is 18.7 Å². The normalized spacial score (nSPS) is 10.6. The summed E-state index contributed by atoms with van der Waals surface area (Å²) in [4.78, 5) is 1.05. The van der Waals surface area contributed by atoms with Crippen molar-refractivity contribution in [2.75, 3.05) is 11.5 Å². The minimum atomic E-state index is 0.723. The van der Waals surface area contributed by atoms with E-state index in [-0.39, 0.29) is 0 Å². The number of nitrogens with two attached hydrogens (primary N) is 1. The lowest BCUT2D eigenvalue weighted by molar-refractivity contribution is 0.883. The number of aryl methyl sites for hydroxylation is 1. The van der Waals surface area contributed by atoms with Crippen molar-refractivity contribution < 1.29 is 0 Å². The fourth-order valence-electron chi connectivity index (χ4n) is 1.60. The second kappa shape index (κ2) is 4.61. The van der Waals surface area contributed by atoms with Crippen LogP contribution in [-0.4, -0.2) is 15.5 Å². The monoisotopic (exact) mass is 233 g/mol. The molecular weight excluding hydrogens is 218 g/mol. The van der Waals surface area contributed by atoms with E-state index in [4.69, 9.17) is 5.73 Å². The quantitative estimate of drug-likeness (QED) is 0.829. The molecule has 1 aromatic heterocycles. The molecule has 4 heteroatoms. The number of hydrogen-bond acceptors (Lipinski definition) is 3. The standard InChI is InChI=1S/C12H15N3S/c1-3-16-11-8-14-15(12(11)13)10-7-5-4-6-9(10)2/h4-8H,3,13H2,1-2H3. The molecule has 0 saturated carbocycles. The Bertz CT molecular complexity index is 491. The number of thioether (sulfide) groups is 1. The van der Waals surface area contributed by atoms with Crippen LogP contribution < -0.4 is 5.73 Å². The summed E-state index contributed by atoms with van der Waals surface area (Å²) in [7, 11) is 0. The highest BCUT2D eigenvalue weighted by atomic mass is 32.2. The zero-order valence-electron chi connectivity index (χ0n) is 9.47. The van der Waals surface area contributed by atoms with Crippen molar-refractivity contribution in [1.82, 2.24) is 9.78 Å². The van der Waals surface area contributed by atoms with E-state index in [2.05, 4.69) is 25.0 Å². The van der Waals surface area contributed by atoms with E-state index in [0.717, 1.165) is 22.2 Å². The first kappa shape index (κ1) is 11.1. The molecule has 0 unspecified atom stereocenters. The smallest absolute Gasteiger partial charge is 0.140 e. The number of aromatic nitrogens is 2. The first-order chi connectivity index (χ1) is 7.74. The summed E-state index contributed by atoms with van der Waals surface area (Å²) in [6.45, 7) is 4.16. The maximum absolute atomic E-state index is 6.07. The Morgan fingerprint density at radius 2 is 2.12 bits per heavy atom. The van der Waals surface area contributed by atoms with Gasteiger partial charge in [-0.3, -0.25) is 0 Å². The van der Waals surface area contributed by atoms with Gasteiger partial charge in [0.25, 0.3) is 0 Å². The number of hydrogen-bond donors (Lipinski definition) is 1. The fourth-order valence-corrected chi connectivity index (χ4v) is 2.27. The summed E-state index contributed by atoms with van der Waals surface area (Å²) >= 11 is 1.71. The van der Waals surface area contributed by atoms with Crippen LogP contribution in [0.15, 0.2) is 35.4 Å². The highest BCUT2D eigenvalue weighted by Crippen LogP contribution is 2.27. The molecular formula is C12H15N3S. The van der Waals surface area contributed by atoms with E-state index < -0.39 is 0 Å². The molecule has 2 rings (SSSR count). The predicted octanol–water partition coefficient (Wildman–Crippen LogP) is 2.87. The van der Waals surface area contributed by atoms with Crippen LogP contribution in [0.1, 0.15) is 12.5 Å². The Kier molecular flexibility index (Phi) is 3.19. The second-order valence-electron chi connectivity index (χ2n) is 3.53. The first-order valence-corrected chi connectivity index (χ1v) is 6.25. The average Bonchev–Trinajstić information content (AvgIpc) is 2.62. The molecule has 0 aliphatic rings. The summed E-state index contributed by atoms with van der Waals surface area (Å²) in [5.41, 5.74) is 8.29. The van der Waals surface area contributed by atoms with E-state index in [0.29, 0.717) is 0 Å². The number of anilines is 1. The molecule has 3 nitrogen and oxygen atoms in total. The Morgan fingerprint density at radius 3 is 2.81 bits per heavy atom. The molecule has 0 aliphatic carbocycles. The molecule has 1 aromatic carbocycles. The highest BCUT2D eigenvalue weighted by Gasteiger charge is 2.09. The van der Waals surface area contributed by atoms with Gasteiger partial charge in [0.1, 0.15) is 5.82 Å². The van der Waals surface area contributed by atoms with Gasteiger partial charge in [0.2, 0.25) is 0 Å². The van der Waals surface area contributed by atoms with Crippen molar-refractivity contribution in [3.8, 4) is 5.69 Å². The molecule has 0 spiro atoms. The van der Waals surface area contributed by atoms with Crippen LogP contribution in [0.3, 0.4) is 0 Å². The van der Waals surface area contributed by atoms with Gasteiger partial charge in [0, 0.05) is 0 Å². The average molecular weight is 233 g/mol. The topological polar surface area (TPSA) is 43.8 Å². The number of benzene rings is 1. The molecule has 0 atom stereocenters. The number of para-hydroxylation sites is 1. The first-order valence-electron chi connectivity index (χ1n) is 5.26. The molecule has 1 heterocycles. The van der Waals surface area contributed by atoms with Crippen LogP contribution in [-0.2, 0) is 0 Å². The fraction of sp³-hybridized carbons (Fsp3) is 0.250. The van der Waals surface area contributed by atoms with Crippen LogP contribution >= 0.6 is 11.8 Å². The maximum atomic E-state index is 6.07. The molecule has 2 aromatic rings. The number of nitrogens with zero attached hydrogens (tertiary/aromatic N) is 2. The van der Waals surface area contributed by atoms with Gasteiger partial charge in [-0.1, -0.05) is 25.1 Å². The van der Waals surface area contributed by atoms with E-state index in [1.54, 1.807) is 16.4 Å². The van der Waals surface area contributed by atoms with Gasteiger partial charge in [-0.25, -0.2) is 4.68 Å². The molecule has 0 fully saturated rings. The van der Waals surface area contributed by atoms with Gasteiger partial charge >= 0.3 is 0 Å². The summed E-state index contributed by atoms with van der Waals surface area (Å²) in [6, 6.07) is 8.10. The van der Waals surface area contributed by atoms with Crippen molar-refractivity contribution in [3.63, 3.8) is 0 Å². The van der Waals surface area contributed by atoms with Crippen LogP contribution in [0, 0.1) is 6.92 Å². The third kappa shape index (κ3) is 1.93.